The summed E-state index contributed by atoms with van der Waals surface area (Å²) in [6.45, 7) is 2.27. The maximum Gasteiger partial charge on any atom is 0.237 e. The van der Waals surface area contributed by atoms with Crippen molar-refractivity contribution in [1.29, 1.82) is 0 Å². The van der Waals surface area contributed by atoms with E-state index < -0.39 is 0 Å². The van der Waals surface area contributed by atoms with E-state index in [0.29, 0.717) is 22.8 Å². The van der Waals surface area contributed by atoms with Gasteiger partial charge in [0.2, 0.25) is 11.8 Å². The predicted molar refractivity (Wildman–Crippen MR) is 141 cm³/mol. The number of hydrogen-bond donors (Lipinski definition) is 1. The number of carbonyl (C=O) groups is 2. The first-order valence-corrected chi connectivity index (χ1v) is 13.5. The third-order valence-electron chi connectivity index (χ3n) is 6.55. The maximum absolute atomic E-state index is 12.7. The first-order valence-electron chi connectivity index (χ1n) is 13.1. The van der Waals surface area contributed by atoms with E-state index in [2.05, 4.69) is 19.1 Å². The van der Waals surface area contributed by atoms with Crippen LogP contribution in [0.3, 0.4) is 0 Å². The largest absolute Gasteiger partial charge is 0.397 e. The molecule has 0 saturated carbocycles. The Balaban J connectivity index is 1.51. The molecule has 0 aliphatic carbocycles. The van der Waals surface area contributed by atoms with Crippen LogP contribution in [0.5, 0.6) is 0 Å². The molecule has 1 fully saturated rings. The number of anilines is 2. The van der Waals surface area contributed by atoms with E-state index in [1.54, 1.807) is 18.2 Å². The number of carbonyl (C=O) groups excluding carboxylic acids is 2. The molecule has 33 heavy (non-hydrogen) atoms. The van der Waals surface area contributed by atoms with Gasteiger partial charge in [-0.1, -0.05) is 101 Å². The van der Waals surface area contributed by atoms with E-state index in [-0.39, 0.29) is 24.2 Å². The first-order chi connectivity index (χ1) is 16.0. The minimum atomic E-state index is -0.245. The molecular weight excluding hydrogens is 432 g/mol. The van der Waals surface area contributed by atoms with Gasteiger partial charge in [0.1, 0.15) is 0 Å². The quantitative estimate of drug-likeness (QED) is 0.107. The number of nitrogen functional groups attached to an aromatic ring is 1. The molecule has 1 heterocycles. The van der Waals surface area contributed by atoms with Crippen LogP contribution in [0.4, 0.5) is 11.4 Å². The summed E-state index contributed by atoms with van der Waals surface area (Å²) in [5, 5.41) is 0.424. The lowest BCUT2D eigenvalue weighted by molar-refractivity contribution is -0.122. The van der Waals surface area contributed by atoms with Gasteiger partial charge in [0.05, 0.1) is 16.4 Å². The highest BCUT2D eigenvalue weighted by Gasteiger charge is 2.38. The van der Waals surface area contributed by atoms with Crippen molar-refractivity contribution in [3.8, 4) is 0 Å². The Kier molecular flexibility index (Phi) is 13.2. The average Bonchev–Trinajstić information content (AvgIpc) is 3.08. The molecular formula is C28H43ClN2O2. The fourth-order valence-electron chi connectivity index (χ4n) is 4.50. The normalized spacial score (nSPS) is 16.4. The number of amides is 2. The molecule has 4 nitrogen and oxygen atoms in total. The number of hydrogen-bond acceptors (Lipinski definition) is 3. The van der Waals surface area contributed by atoms with Gasteiger partial charge in [-0.25, -0.2) is 0 Å². The number of rotatable bonds is 17. The van der Waals surface area contributed by atoms with Gasteiger partial charge in [-0.3, -0.25) is 14.5 Å². The van der Waals surface area contributed by atoms with Crippen molar-refractivity contribution < 1.29 is 9.59 Å². The Hall–Kier alpha value is -1.81. The van der Waals surface area contributed by atoms with Gasteiger partial charge in [0.15, 0.2) is 0 Å². The maximum atomic E-state index is 12.7. The van der Waals surface area contributed by atoms with Crippen molar-refractivity contribution in [2.45, 2.75) is 110 Å². The molecule has 1 aliphatic heterocycles. The standard InChI is InChI=1S/C28H43ClN2O2/c1-2-3-4-5-6-7-8-9-10-11-12-13-14-15-16-17-18-23-21-27(32)31(28(23)33)24-19-20-25(29)26(30)22-24/h15-16,19-20,22-23H,2-14,17-18,21,30H2,1H3. The van der Waals surface area contributed by atoms with Crippen LogP contribution >= 0.6 is 11.6 Å². The van der Waals surface area contributed by atoms with Crippen LogP contribution in [0.2, 0.25) is 5.02 Å². The van der Waals surface area contributed by atoms with Crippen molar-refractivity contribution in [3.05, 3.63) is 35.4 Å². The number of nitrogens with zero attached hydrogens (tertiary/aromatic N) is 1. The Bertz CT molecular complexity index is 762. The molecule has 1 aromatic rings. The molecule has 2 N–H and O–H groups in total. The van der Waals surface area contributed by atoms with Crippen molar-refractivity contribution in [1.82, 2.24) is 0 Å². The molecule has 1 atom stereocenters. The van der Waals surface area contributed by atoms with E-state index in [1.165, 1.54) is 81.9 Å². The fourth-order valence-corrected chi connectivity index (χ4v) is 4.62. The molecule has 1 aromatic carbocycles. The summed E-state index contributed by atoms with van der Waals surface area (Å²) in [5.41, 5.74) is 6.71. The van der Waals surface area contributed by atoms with Gasteiger partial charge >= 0.3 is 0 Å². The Labute approximate surface area is 205 Å². The number of allylic oxidation sites excluding steroid dienone is 2. The molecule has 5 heteroatoms. The summed E-state index contributed by atoms with van der Waals surface area (Å²) in [4.78, 5) is 26.3. The highest BCUT2D eigenvalue weighted by molar-refractivity contribution is 6.33. The molecule has 0 spiro atoms. The first kappa shape index (κ1) is 27.4. The fraction of sp³-hybridized carbons (Fsp3) is 0.643. The Morgan fingerprint density at radius 3 is 2.09 bits per heavy atom. The zero-order valence-corrected chi connectivity index (χ0v) is 21.3. The van der Waals surface area contributed by atoms with E-state index in [9.17, 15) is 9.59 Å². The molecule has 1 aliphatic rings. The zero-order chi connectivity index (χ0) is 23.9. The van der Waals surface area contributed by atoms with Crippen LogP contribution in [-0.4, -0.2) is 11.8 Å². The Morgan fingerprint density at radius 1 is 0.909 bits per heavy atom. The lowest BCUT2D eigenvalue weighted by atomic mass is 10.0. The molecule has 1 unspecified atom stereocenters. The topological polar surface area (TPSA) is 63.4 Å². The number of halogens is 1. The summed E-state index contributed by atoms with van der Waals surface area (Å²) in [5.74, 6) is -0.533. The second kappa shape index (κ2) is 15.9. The average molecular weight is 475 g/mol. The summed E-state index contributed by atoms with van der Waals surface area (Å²) >= 11 is 5.95. The highest BCUT2D eigenvalue weighted by Crippen LogP contribution is 2.32. The summed E-state index contributed by atoms with van der Waals surface area (Å²) in [7, 11) is 0. The molecule has 0 bridgehead atoms. The van der Waals surface area contributed by atoms with Gasteiger partial charge in [-0.2, -0.15) is 0 Å². The van der Waals surface area contributed by atoms with E-state index >= 15 is 0 Å². The monoisotopic (exact) mass is 474 g/mol. The van der Waals surface area contributed by atoms with Crippen LogP contribution in [0.1, 0.15) is 110 Å². The van der Waals surface area contributed by atoms with E-state index in [1.807, 2.05) is 0 Å². The number of nitrogens with two attached hydrogens (primary N) is 1. The van der Waals surface area contributed by atoms with Gasteiger partial charge in [-0.15, -0.1) is 0 Å². The lowest BCUT2D eigenvalue weighted by Gasteiger charge is -2.15. The lowest BCUT2D eigenvalue weighted by Crippen LogP contribution is -2.30. The SMILES string of the molecule is CCCCCCCCCCCCCCC=CCCC1CC(=O)N(c2ccc(Cl)c(N)c2)C1=O. The molecule has 184 valence electrons. The molecule has 2 rings (SSSR count). The van der Waals surface area contributed by atoms with Crippen LogP contribution in [0.15, 0.2) is 30.4 Å². The second-order valence-corrected chi connectivity index (χ2v) is 9.81. The molecule has 0 aromatic heterocycles. The number of unbranched alkanes of at least 4 members (excludes halogenated alkanes) is 12. The molecule has 1 saturated heterocycles. The zero-order valence-electron chi connectivity index (χ0n) is 20.5. The van der Waals surface area contributed by atoms with Crippen LogP contribution < -0.4 is 10.6 Å². The van der Waals surface area contributed by atoms with E-state index in [4.69, 9.17) is 17.3 Å². The number of benzene rings is 1. The van der Waals surface area contributed by atoms with Gasteiger partial charge in [-0.05, 0) is 43.9 Å². The number of imide groups is 1. The summed E-state index contributed by atoms with van der Waals surface area (Å²) in [6.07, 6.45) is 23.7. The van der Waals surface area contributed by atoms with Gasteiger partial charge in [0.25, 0.3) is 0 Å². The van der Waals surface area contributed by atoms with Crippen molar-refractivity contribution in [2.24, 2.45) is 5.92 Å². The summed E-state index contributed by atoms with van der Waals surface area (Å²) < 4.78 is 0. The van der Waals surface area contributed by atoms with E-state index in [0.717, 1.165) is 12.8 Å². The van der Waals surface area contributed by atoms with Crippen LogP contribution in [-0.2, 0) is 9.59 Å². The van der Waals surface area contributed by atoms with Gasteiger partial charge < -0.3 is 5.73 Å². The van der Waals surface area contributed by atoms with Crippen molar-refractivity contribution in [3.63, 3.8) is 0 Å². The molecule has 2 amide bonds. The third kappa shape index (κ3) is 9.92. The summed E-state index contributed by atoms with van der Waals surface area (Å²) in [6, 6.07) is 4.89. The molecule has 0 radical (unpaired) electrons. The third-order valence-corrected chi connectivity index (χ3v) is 6.89. The smallest absolute Gasteiger partial charge is 0.237 e. The highest BCUT2D eigenvalue weighted by atomic mass is 35.5. The minimum absolute atomic E-state index is 0.129. The van der Waals surface area contributed by atoms with Gasteiger partial charge in [0, 0.05) is 12.3 Å². The van der Waals surface area contributed by atoms with Crippen molar-refractivity contribution >= 4 is 34.8 Å². The minimum Gasteiger partial charge on any atom is -0.397 e. The van der Waals surface area contributed by atoms with Crippen LogP contribution in [0, 0.1) is 5.92 Å². The predicted octanol–water partition coefficient (Wildman–Crippen LogP) is 8.23. The second-order valence-electron chi connectivity index (χ2n) is 9.40. The van der Waals surface area contributed by atoms with Crippen LogP contribution in [0.25, 0.3) is 0 Å². The Morgan fingerprint density at radius 2 is 1.48 bits per heavy atom. The van der Waals surface area contributed by atoms with Crippen molar-refractivity contribution in [2.75, 3.05) is 10.6 Å².